The van der Waals surface area contributed by atoms with Crippen molar-refractivity contribution in [2.45, 2.75) is 83.0 Å². The second-order valence-electron chi connectivity index (χ2n) is 9.10. The molecule has 0 aromatic heterocycles. The van der Waals surface area contributed by atoms with Crippen molar-refractivity contribution < 1.29 is 14.3 Å². The van der Waals surface area contributed by atoms with Crippen LogP contribution in [0.2, 0.25) is 0 Å². The molecule has 3 rings (SSSR count). The molecule has 0 aromatic rings. The number of aliphatic imine (C=N–C) groups is 1. The highest BCUT2D eigenvalue weighted by atomic mass is 127. The van der Waals surface area contributed by atoms with Crippen molar-refractivity contribution in [1.82, 2.24) is 15.5 Å². The molecule has 2 N–H and O–H groups in total. The number of halogens is 1. The standard InChI is InChI=1S/C20H36N4O3.HI/c1-20(2,3)27-19(25)24-16-7-8-17(24)12-15(11-16)23-18(21-4)22-9-10-26-13-14-5-6-14;/h14-17H,5-13H2,1-4H3,(H2,21,22,23);1H. The van der Waals surface area contributed by atoms with Gasteiger partial charge in [0.05, 0.1) is 6.61 Å². The third kappa shape index (κ3) is 6.93. The summed E-state index contributed by atoms with van der Waals surface area (Å²) in [4.78, 5) is 18.9. The Morgan fingerprint density at radius 1 is 1.14 bits per heavy atom. The van der Waals surface area contributed by atoms with E-state index in [1.807, 2.05) is 25.7 Å². The van der Waals surface area contributed by atoms with Gasteiger partial charge in [0, 0.05) is 38.3 Å². The van der Waals surface area contributed by atoms with Crippen LogP contribution in [0.25, 0.3) is 0 Å². The molecule has 1 saturated carbocycles. The molecule has 1 aliphatic carbocycles. The lowest BCUT2D eigenvalue weighted by Crippen LogP contribution is -2.55. The molecular weight excluding hydrogens is 471 g/mol. The van der Waals surface area contributed by atoms with Gasteiger partial charge in [-0.1, -0.05) is 0 Å². The zero-order valence-electron chi connectivity index (χ0n) is 17.7. The second-order valence-corrected chi connectivity index (χ2v) is 9.10. The molecule has 0 radical (unpaired) electrons. The predicted octanol–water partition coefficient (Wildman–Crippen LogP) is 3.13. The summed E-state index contributed by atoms with van der Waals surface area (Å²) in [5.41, 5.74) is -0.445. The minimum atomic E-state index is -0.445. The molecule has 0 aromatic carbocycles. The fourth-order valence-electron chi connectivity index (χ4n) is 4.07. The van der Waals surface area contributed by atoms with Gasteiger partial charge in [-0.2, -0.15) is 0 Å². The summed E-state index contributed by atoms with van der Waals surface area (Å²) in [5.74, 6) is 1.62. The van der Waals surface area contributed by atoms with Crippen LogP contribution >= 0.6 is 24.0 Å². The molecule has 162 valence electrons. The molecule has 28 heavy (non-hydrogen) atoms. The Morgan fingerprint density at radius 2 is 1.79 bits per heavy atom. The maximum Gasteiger partial charge on any atom is 0.410 e. The highest BCUT2D eigenvalue weighted by Gasteiger charge is 2.45. The number of fused-ring (bicyclic) bond motifs is 2. The highest BCUT2D eigenvalue weighted by molar-refractivity contribution is 14.0. The lowest BCUT2D eigenvalue weighted by Gasteiger charge is -2.40. The van der Waals surface area contributed by atoms with Gasteiger partial charge in [-0.3, -0.25) is 4.99 Å². The fourth-order valence-corrected chi connectivity index (χ4v) is 4.07. The summed E-state index contributed by atoms with van der Waals surface area (Å²) in [5, 5.41) is 6.87. The van der Waals surface area contributed by atoms with Gasteiger partial charge >= 0.3 is 6.09 Å². The number of amides is 1. The second kappa shape index (κ2) is 10.3. The third-order valence-electron chi connectivity index (χ3n) is 5.49. The number of carbonyl (C=O) groups is 1. The molecule has 2 aliphatic heterocycles. The fraction of sp³-hybridized carbons (Fsp3) is 0.900. The maximum absolute atomic E-state index is 12.5. The first kappa shape index (κ1) is 23.5. The van der Waals surface area contributed by atoms with Gasteiger partial charge in [-0.05, 0) is 65.2 Å². The van der Waals surface area contributed by atoms with E-state index in [0.29, 0.717) is 12.6 Å². The van der Waals surface area contributed by atoms with Crippen LogP contribution in [0.4, 0.5) is 4.79 Å². The van der Waals surface area contributed by atoms with E-state index in [1.165, 1.54) is 12.8 Å². The summed E-state index contributed by atoms with van der Waals surface area (Å²) >= 11 is 0. The first-order valence-electron chi connectivity index (χ1n) is 10.4. The molecule has 2 atom stereocenters. The van der Waals surface area contributed by atoms with E-state index in [-0.39, 0.29) is 42.2 Å². The van der Waals surface area contributed by atoms with Crippen LogP contribution in [0.5, 0.6) is 0 Å². The summed E-state index contributed by atoms with van der Waals surface area (Å²) in [6.07, 6.45) is 6.47. The van der Waals surface area contributed by atoms with E-state index in [0.717, 1.165) is 50.7 Å². The average molecular weight is 508 g/mol. The van der Waals surface area contributed by atoms with Crippen LogP contribution in [0, 0.1) is 5.92 Å². The number of rotatable bonds is 6. The van der Waals surface area contributed by atoms with Crippen molar-refractivity contribution >= 4 is 36.0 Å². The molecule has 2 bridgehead atoms. The Morgan fingerprint density at radius 3 is 2.32 bits per heavy atom. The van der Waals surface area contributed by atoms with Crippen LogP contribution in [0.1, 0.15) is 59.3 Å². The zero-order valence-corrected chi connectivity index (χ0v) is 20.0. The van der Waals surface area contributed by atoms with E-state index in [9.17, 15) is 4.79 Å². The van der Waals surface area contributed by atoms with E-state index in [4.69, 9.17) is 9.47 Å². The predicted molar refractivity (Wildman–Crippen MR) is 121 cm³/mol. The van der Waals surface area contributed by atoms with Crippen molar-refractivity contribution in [1.29, 1.82) is 0 Å². The first-order valence-corrected chi connectivity index (χ1v) is 10.4. The Balaban J connectivity index is 0.00000280. The van der Waals surface area contributed by atoms with E-state index in [2.05, 4.69) is 15.6 Å². The average Bonchev–Trinajstić information content (AvgIpc) is 3.36. The molecule has 3 aliphatic rings. The van der Waals surface area contributed by atoms with Crippen LogP contribution in [-0.2, 0) is 9.47 Å². The summed E-state index contributed by atoms with van der Waals surface area (Å²) in [6, 6.07) is 0.854. The third-order valence-corrected chi connectivity index (χ3v) is 5.49. The maximum atomic E-state index is 12.5. The minimum Gasteiger partial charge on any atom is -0.444 e. The summed E-state index contributed by atoms with van der Waals surface area (Å²) in [7, 11) is 1.80. The number of nitrogens with zero attached hydrogens (tertiary/aromatic N) is 2. The van der Waals surface area contributed by atoms with Gasteiger partial charge in [0.25, 0.3) is 0 Å². The van der Waals surface area contributed by atoms with Gasteiger partial charge in [-0.25, -0.2) is 4.79 Å². The van der Waals surface area contributed by atoms with Gasteiger partial charge in [-0.15, -0.1) is 24.0 Å². The monoisotopic (exact) mass is 508 g/mol. The quantitative estimate of drug-likeness (QED) is 0.250. The van der Waals surface area contributed by atoms with Gasteiger partial charge < -0.3 is 25.0 Å². The Bertz CT molecular complexity index is 534. The Kier molecular flexibility index (Phi) is 8.66. The van der Waals surface area contributed by atoms with Crippen molar-refractivity contribution in [2.75, 3.05) is 26.8 Å². The molecule has 0 spiro atoms. The van der Waals surface area contributed by atoms with E-state index >= 15 is 0 Å². The number of hydrogen-bond donors (Lipinski definition) is 2. The highest BCUT2D eigenvalue weighted by Crippen LogP contribution is 2.36. The van der Waals surface area contributed by atoms with Crippen molar-refractivity contribution in [3.63, 3.8) is 0 Å². The topological polar surface area (TPSA) is 75.2 Å². The van der Waals surface area contributed by atoms with Crippen molar-refractivity contribution in [2.24, 2.45) is 10.9 Å². The van der Waals surface area contributed by atoms with Gasteiger partial charge in [0.2, 0.25) is 0 Å². The molecule has 3 fully saturated rings. The molecule has 7 nitrogen and oxygen atoms in total. The van der Waals surface area contributed by atoms with E-state index < -0.39 is 5.60 Å². The normalized spacial score (nSPS) is 27.2. The number of nitrogens with one attached hydrogen (secondary N) is 2. The number of carbonyl (C=O) groups excluding carboxylic acids is 1. The van der Waals surface area contributed by atoms with E-state index in [1.54, 1.807) is 7.05 Å². The van der Waals surface area contributed by atoms with Gasteiger partial charge in [0.1, 0.15) is 5.60 Å². The Hall–Kier alpha value is -0.770. The van der Waals surface area contributed by atoms with Crippen molar-refractivity contribution in [3.05, 3.63) is 0 Å². The number of guanidine groups is 1. The SMILES string of the molecule is CN=C(NCCOCC1CC1)NC1CC2CCC(C1)N2C(=O)OC(C)(C)C.I. The zero-order chi connectivity index (χ0) is 19.4. The molecule has 2 unspecified atom stereocenters. The van der Waals surface area contributed by atoms with Gasteiger partial charge in [0.15, 0.2) is 5.96 Å². The molecule has 2 saturated heterocycles. The van der Waals surface area contributed by atoms with Crippen LogP contribution in [-0.4, -0.2) is 67.5 Å². The first-order chi connectivity index (χ1) is 12.9. The minimum absolute atomic E-state index is 0. The number of hydrogen-bond acceptors (Lipinski definition) is 4. The summed E-state index contributed by atoms with van der Waals surface area (Å²) < 4.78 is 11.3. The van der Waals surface area contributed by atoms with Crippen LogP contribution in [0.15, 0.2) is 4.99 Å². The smallest absolute Gasteiger partial charge is 0.410 e. The van der Waals surface area contributed by atoms with Crippen LogP contribution < -0.4 is 10.6 Å². The molecular formula is C20H37IN4O3. The molecule has 2 heterocycles. The molecule has 1 amide bonds. The lowest BCUT2D eigenvalue weighted by molar-refractivity contribution is 0.00544. The largest absolute Gasteiger partial charge is 0.444 e. The number of piperidine rings is 1. The number of ether oxygens (including phenoxy) is 2. The summed E-state index contributed by atoms with van der Waals surface area (Å²) in [6.45, 7) is 8.12. The lowest BCUT2D eigenvalue weighted by atomic mass is 9.98. The Labute approximate surface area is 186 Å². The van der Waals surface area contributed by atoms with Crippen LogP contribution in [0.3, 0.4) is 0 Å². The molecule has 8 heteroatoms. The van der Waals surface area contributed by atoms with Crippen molar-refractivity contribution in [3.8, 4) is 0 Å².